The second-order valence-electron chi connectivity index (χ2n) is 11.5. The average Bonchev–Trinajstić information content (AvgIpc) is 3.28. The van der Waals surface area contributed by atoms with Crippen LogP contribution in [0, 0.1) is 35.0 Å². The summed E-state index contributed by atoms with van der Waals surface area (Å²) in [6, 6.07) is 0. The molecule has 3 fully saturated rings. The van der Waals surface area contributed by atoms with Gasteiger partial charge in [-0.3, -0.25) is 9.59 Å². The fraction of sp³-hybridized carbons (Fsp3) is 0.769. The number of hydrogen-bond acceptors (Lipinski definition) is 8. The normalized spacial score (nSPS) is 52.3. The van der Waals surface area contributed by atoms with Gasteiger partial charge in [0.05, 0.1) is 30.8 Å². The number of ether oxygens (including phenoxy) is 2. The van der Waals surface area contributed by atoms with E-state index >= 15 is 0 Å². The van der Waals surface area contributed by atoms with Crippen molar-refractivity contribution in [3.05, 3.63) is 22.8 Å². The quantitative estimate of drug-likeness (QED) is 0.408. The van der Waals surface area contributed by atoms with Crippen LogP contribution in [-0.2, 0) is 19.1 Å². The first-order chi connectivity index (χ1) is 16.1. The molecule has 0 unspecified atom stereocenters. The molecule has 2 saturated heterocycles. The van der Waals surface area contributed by atoms with Crippen molar-refractivity contribution in [2.24, 2.45) is 35.0 Å². The van der Waals surface area contributed by atoms with Crippen molar-refractivity contribution >= 4 is 11.6 Å². The Morgan fingerprint density at radius 2 is 1.94 bits per heavy atom. The number of carbonyl (C=O) groups is 2. The Bertz CT molecular complexity index is 1000. The fourth-order valence-electron chi connectivity index (χ4n) is 8.18. The van der Waals surface area contributed by atoms with Gasteiger partial charge >= 0.3 is 0 Å². The summed E-state index contributed by atoms with van der Waals surface area (Å²) in [7, 11) is 0. The third-order valence-corrected chi connectivity index (χ3v) is 10.0. The zero-order chi connectivity index (χ0) is 24.2. The van der Waals surface area contributed by atoms with Crippen LogP contribution in [0.25, 0.3) is 0 Å². The smallest absolute Gasteiger partial charge is 0.203 e. The van der Waals surface area contributed by atoms with Crippen molar-refractivity contribution in [2.45, 2.75) is 76.2 Å². The van der Waals surface area contributed by atoms with Gasteiger partial charge in [-0.05, 0) is 44.4 Å². The Morgan fingerprint density at radius 3 is 2.68 bits per heavy atom. The van der Waals surface area contributed by atoms with E-state index in [0.717, 1.165) is 23.1 Å². The molecule has 0 amide bonds. The van der Waals surface area contributed by atoms with Crippen LogP contribution in [0.2, 0.25) is 0 Å². The number of fused-ring (bicyclic) bond motifs is 6. The van der Waals surface area contributed by atoms with Crippen molar-refractivity contribution < 1.29 is 39.5 Å². The summed E-state index contributed by atoms with van der Waals surface area (Å²) in [6.07, 6.45) is 0.772. The lowest BCUT2D eigenvalue weighted by Crippen LogP contribution is -2.62. The van der Waals surface area contributed by atoms with Crippen LogP contribution in [0.3, 0.4) is 0 Å². The Kier molecular flexibility index (Phi) is 5.10. The minimum atomic E-state index is -1.61. The molecule has 6 rings (SSSR count). The van der Waals surface area contributed by atoms with Gasteiger partial charge in [-0.2, -0.15) is 0 Å². The molecule has 8 nitrogen and oxygen atoms in total. The maximum absolute atomic E-state index is 13.8. The highest BCUT2D eigenvalue weighted by atomic mass is 16.7. The number of aliphatic hydroxyl groups excluding tert-OH is 4. The number of rotatable bonds is 1. The topological polar surface area (TPSA) is 134 Å². The summed E-state index contributed by atoms with van der Waals surface area (Å²) in [5, 5.41) is 42.0. The Balaban J connectivity index is 1.38. The molecule has 0 aromatic rings. The van der Waals surface area contributed by atoms with Gasteiger partial charge in [0.1, 0.15) is 18.0 Å². The molecular weight excluding hydrogens is 440 g/mol. The zero-order valence-corrected chi connectivity index (χ0v) is 19.6. The van der Waals surface area contributed by atoms with E-state index in [2.05, 4.69) is 6.08 Å². The third-order valence-electron chi connectivity index (χ3n) is 10.0. The zero-order valence-electron chi connectivity index (χ0n) is 19.6. The molecule has 2 aliphatic heterocycles. The molecule has 2 heterocycles. The Morgan fingerprint density at radius 1 is 1.18 bits per heavy atom. The van der Waals surface area contributed by atoms with E-state index in [1.54, 1.807) is 6.92 Å². The molecule has 1 spiro atoms. The van der Waals surface area contributed by atoms with Gasteiger partial charge < -0.3 is 29.9 Å². The number of hydrogen-bond donors (Lipinski definition) is 4. The van der Waals surface area contributed by atoms with Crippen molar-refractivity contribution in [2.75, 3.05) is 13.2 Å². The van der Waals surface area contributed by atoms with Gasteiger partial charge in [0.25, 0.3) is 0 Å². The van der Waals surface area contributed by atoms with E-state index < -0.39 is 47.5 Å². The predicted octanol–water partition coefficient (Wildman–Crippen LogP) is 0.660. The second kappa shape index (κ2) is 7.54. The average molecular weight is 475 g/mol. The van der Waals surface area contributed by atoms with E-state index in [-0.39, 0.29) is 49.0 Å². The summed E-state index contributed by atoms with van der Waals surface area (Å²) in [4.78, 5) is 27.0. The van der Waals surface area contributed by atoms with Gasteiger partial charge in [0, 0.05) is 29.7 Å². The van der Waals surface area contributed by atoms with Crippen molar-refractivity contribution in [3.8, 4) is 0 Å². The van der Waals surface area contributed by atoms with Crippen LogP contribution in [0.5, 0.6) is 0 Å². The molecule has 0 aromatic heterocycles. The van der Waals surface area contributed by atoms with E-state index in [1.807, 2.05) is 6.92 Å². The highest BCUT2D eigenvalue weighted by molar-refractivity contribution is 6.04. The van der Waals surface area contributed by atoms with Crippen LogP contribution in [-0.4, -0.2) is 75.4 Å². The molecular formula is C26H34O8. The number of aliphatic hydroxyl groups is 4. The van der Waals surface area contributed by atoms with Crippen LogP contribution >= 0.6 is 0 Å². The molecule has 11 atom stereocenters. The number of Topliss-reactive ketones (excluding diaryl/α,β-unsaturated/α-hetero) is 2. The van der Waals surface area contributed by atoms with Gasteiger partial charge in [-0.25, -0.2) is 0 Å². The van der Waals surface area contributed by atoms with Gasteiger partial charge in [-0.15, -0.1) is 0 Å². The number of carbonyl (C=O) groups excluding carboxylic acids is 2. The molecule has 0 radical (unpaired) electrons. The lowest BCUT2D eigenvalue weighted by atomic mass is 9.52. The van der Waals surface area contributed by atoms with Crippen molar-refractivity contribution in [1.29, 1.82) is 0 Å². The fourth-order valence-corrected chi connectivity index (χ4v) is 8.18. The van der Waals surface area contributed by atoms with E-state index in [0.29, 0.717) is 19.3 Å². The largest absolute Gasteiger partial charge is 0.396 e. The second-order valence-corrected chi connectivity index (χ2v) is 11.5. The molecule has 4 N–H and O–H groups in total. The molecule has 0 aromatic carbocycles. The maximum Gasteiger partial charge on any atom is 0.203 e. The van der Waals surface area contributed by atoms with Crippen LogP contribution in [0.1, 0.15) is 46.0 Å². The first-order valence-corrected chi connectivity index (χ1v) is 12.6. The molecule has 4 aliphatic carbocycles. The van der Waals surface area contributed by atoms with Gasteiger partial charge in [-0.1, -0.05) is 24.1 Å². The molecule has 34 heavy (non-hydrogen) atoms. The van der Waals surface area contributed by atoms with Crippen molar-refractivity contribution in [1.82, 2.24) is 0 Å². The van der Waals surface area contributed by atoms with Gasteiger partial charge in [0.15, 0.2) is 5.78 Å². The number of allylic oxidation sites excluding steroid dienone is 1. The Labute approximate surface area is 198 Å². The minimum Gasteiger partial charge on any atom is -0.396 e. The standard InChI is InChI=1S/C26H34O8/c1-11-10-33-26(24(32)21(11)30)17(9-27)20-15-5-6-16-14(19(15)22(31)23(20)34-26)4-3-12-7-13(28)8-18(29)25(12,16)2/h3,11,13-14,16-17,20-21,23-24,27-28,30,32H,4-10H2,1-2H3/t11-,13+,14+,16-,17-,20-,21+,23+,24-,25-,26-/m0/s1. The minimum absolute atomic E-state index is 0.00486. The lowest BCUT2D eigenvalue weighted by Gasteiger charge is -2.51. The molecule has 1 saturated carbocycles. The maximum atomic E-state index is 13.8. The van der Waals surface area contributed by atoms with Crippen molar-refractivity contribution in [3.63, 3.8) is 0 Å². The SMILES string of the molecule is C[C@H]1CO[C@@]2(O[C@H]3C(=O)C4=C(CC[C@H]5[C@H]4CC=C4C[C@@H](O)CC(=O)[C@@]45C)[C@H]3[C@@H]2CO)[C@@H](O)[C@@H]1O. The highest BCUT2D eigenvalue weighted by Gasteiger charge is 2.69. The summed E-state index contributed by atoms with van der Waals surface area (Å²) < 4.78 is 12.2. The monoisotopic (exact) mass is 474 g/mol. The predicted molar refractivity (Wildman–Crippen MR) is 118 cm³/mol. The molecule has 186 valence electrons. The first kappa shape index (κ1) is 23.0. The summed E-state index contributed by atoms with van der Waals surface area (Å²) in [5.74, 6) is -3.18. The van der Waals surface area contributed by atoms with Gasteiger partial charge in [0.2, 0.25) is 5.79 Å². The van der Waals surface area contributed by atoms with E-state index in [9.17, 15) is 30.0 Å². The summed E-state index contributed by atoms with van der Waals surface area (Å²) in [6.45, 7) is 3.58. The summed E-state index contributed by atoms with van der Waals surface area (Å²) in [5.41, 5.74) is 2.02. The number of ketones is 2. The lowest BCUT2D eigenvalue weighted by molar-refractivity contribution is -0.337. The first-order valence-electron chi connectivity index (χ1n) is 12.6. The van der Waals surface area contributed by atoms with E-state index in [4.69, 9.17) is 9.47 Å². The molecule has 6 aliphatic rings. The highest BCUT2D eigenvalue weighted by Crippen LogP contribution is 2.62. The molecule has 8 heteroatoms. The van der Waals surface area contributed by atoms with Crippen LogP contribution in [0.4, 0.5) is 0 Å². The summed E-state index contributed by atoms with van der Waals surface area (Å²) >= 11 is 0. The van der Waals surface area contributed by atoms with Crippen LogP contribution < -0.4 is 0 Å². The Hall–Kier alpha value is -1.42. The third kappa shape index (κ3) is 2.70. The molecule has 0 bridgehead atoms. The van der Waals surface area contributed by atoms with E-state index in [1.165, 1.54) is 0 Å². The van der Waals surface area contributed by atoms with Crippen LogP contribution in [0.15, 0.2) is 22.8 Å².